The maximum atomic E-state index is 12.2. The Balaban J connectivity index is 2.24. The van der Waals surface area contributed by atoms with Gasteiger partial charge in [0.1, 0.15) is 12.6 Å². The van der Waals surface area contributed by atoms with Crippen LogP contribution < -0.4 is 10.2 Å². The van der Waals surface area contributed by atoms with Crippen LogP contribution in [0.15, 0.2) is 29.2 Å². The standard InChI is InChI=1S/C13H16N2O2S/c1-3-11-13(17)15(8-12(16)14-11)9-4-6-10(18-2)7-5-9/h4-7,11H,3,8H2,1-2H3,(H,14,16). The van der Waals surface area contributed by atoms with Crippen LogP contribution in [-0.2, 0) is 9.59 Å². The summed E-state index contributed by atoms with van der Waals surface area (Å²) in [6.45, 7) is 2.00. The van der Waals surface area contributed by atoms with Crippen molar-refractivity contribution in [3.8, 4) is 0 Å². The molecule has 1 aromatic carbocycles. The van der Waals surface area contributed by atoms with E-state index in [2.05, 4.69) is 5.32 Å². The van der Waals surface area contributed by atoms with Crippen molar-refractivity contribution >= 4 is 29.3 Å². The van der Waals surface area contributed by atoms with E-state index in [-0.39, 0.29) is 18.4 Å². The number of nitrogens with zero attached hydrogens (tertiary/aromatic N) is 1. The van der Waals surface area contributed by atoms with Gasteiger partial charge in [-0.15, -0.1) is 11.8 Å². The lowest BCUT2D eigenvalue weighted by molar-refractivity contribution is -0.131. The highest BCUT2D eigenvalue weighted by atomic mass is 32.2. The Bertz CT molecular complexity index is 459. The number of hydrogen-bond donors (Lipinski definition) is 1. The summed E-state index contributed by atoms with van der Waals surface area (Å²) in [5.74, 6) is -0.135. The van der Waals surface area contributed by atoms with Gasteiger partial charge in [0, 0.05) is 10.6 Å². The molecule has 0 bridgehead atoms. The van der Waals surface area contributed by atoms with Crippen molar-refractivity contribution < 1.29 is 9.59 Å². The number of carbonyl (C=O) groups excluding carboxylic acids is 2. The molecule has 1 unspecified atom stereocenters. The summed E-state index contributed by atoms with van der Waals surface area (Å²) < 4.78 is 0. The van der Waals surface area contributed by atoms with Crippen molar-refractivity contribution in [3.63, 3.8) is 0 Å². The third kappa shape index (κ3) is 2.51. The lowest BCUT2D eigenvalue weighted by atomic mass is 10.1. The molecule has 1 heterocycles. The monoisotopic (exact) mass is 264 g/mol. The Labute approximate surface area is 111 Å². The molecule has 2 amide bonds. The molecule has 1 aliphatic heterocycles. The van der Waals surface area contributed by atoms with Crippen LogP contribution in [0.5, 0.6) is 0 Å². The summed E-state index contributed by atoms with van der Waals surface area (Å²) in [6, 6.07) is 7.29. The molecule has 5 heteroatoms. The van der Waals surface area contributed by atoms with Gasteiger partial charge < -0.3 is 10.2 Å². The van der Waals surface area contributed by atoms with Crippen molar-refractivity contribution in [2.75, 3.05) is 17.7 Å². The van der Waals surface area contributed by atoms with Gasteiger partial charge in [-0.05, 0) is 36.9 Å². The fourth-order valence-electron chi connectivity index (χ4n) is 1.97. The Morgan fingerprint density at radius 2 is 2.00 bits per heavy atom. The molecule has 4 nitrogen and oxygen atoms in total. The van der Waals surface area contributed by atoms with Crippen LogP contribution in [0.25, 0.3) is 0 Å². The number of nitrogens with one attached hydrogen (secondary N) is 1. The molecule has 1 N–H and O–H groups in total. The smallest absolute Gasteiger partial charge is 0.250 e. The lowest BCUT2D eigenvalue weighted by Gasteiger charge is -2.32. The lowest BCUT2D eigenvalue weighted by Crippen LogP contribution is -2.58. The van der Waals surface area contributed by atoms with Crippen LogP contribution in [0.1, 0.15) is 13.3 Å². The highest BCUT2D eigenvalue weighted by molar-refractivity contribution is 7.98. The van der Waals surface area contributed by atoms with Gasteiger partial charge in [-0.25, -0.2) is 0 Å². The molecular weight excluding hydrogens is 248 g/mol. The summed E-state index contributed by atoms with van der Waals surface area (Å²) in [7, 11) is 0. The number of anilines is 1. The first-order chi connectivity index (χ1) is 8.65. The minimum Gasteiger partial charge on any atom is -0.343 e. The fourth-order valence-corrected chi connectivity index (χ4v) is 2.38. The molecule has 0 spiro atoms. The first kappa shape index (κ1) is 13.0. The molecular formula is C13H16N2O2S. The van der Waals surface area contributed by atoms with E-state index in [1.165, 1.54) is 0 Å². The Kier molecular flexibility index (Phi) is 3.91. The molecule has 0 aromatic heterocycles. The van der Waals surface area contributed by atoms with Gasteiger partial charge in [0.05, 0.1) is 0 Å². The van der Waals surface area contributed by atoms with E-state index in [1.54, 1.807) is 16.7 Å². The zero-order chi connectivity index (χ0) is 13.1. The van der Waals surface area contributed by atoms with E-state index in [4.69, 9.17) is 0 Å². The van der Waals surface area contributed by atoms with Gasteiger partial charge >= 0.3 is 0 Å². The second-order valence-corrected chi connectivity index (χ2v) is 5.03. The van der Waals surface area contributed by atoms with Gasteiger partial charge in [-0.3, -0.25) is 9.59 Å². The van der Waals surface area contributed by atoms with Crippen LogP contribution in [0.2, 0.25) is 0 Å². The van der Waals surface area contributed by atoms with E-state index >= 15 is 0 Å². The van der Waals surface area contributed by atoms with E-state index < -0.39 is 6.04 Å². The van der Waals surface area contributed by atoms with E-state index in [9.17, 15) is 9.59 Å². The molecule has 0 aliphatic carbocycles. The number of benzene rings is 1. The predicted octanol–water partition coefficient (Wildman–Crippen LogP) is 1.65. The minimum absolute atomic E-state index is 0.0333. The predicted molar refractivity (Wildman–Crippen MR) is 72.8 cm³/mol. The molecule has 0 radical (unpaired) electrons. The summed E-state index contributed by atoms with van der Waals surface area (Å²) in [4.78, 5) is 26.4. The summed E-state index contributed by atoms with van der Waals surface area (Å²) in [6.07, 6.45) is 2.62. The Hall–Kier alpha value is -1.49. The highest BCUT2D eigenvalue weighted by Gasteiger charge is 2.32. The van der Waals surface area contributed by atoms with Gasteiger partial charge in [-0.1, -0.05) is 6.92 Å². The van der Waals surface area contributed by atoms with Gasteiger partial charge in [0.25, 0.3) is 0 Å². The number of carbonyl (C=O) groups is 2. The molecule has 96 valence electrons. The van der Waals surface area contributed by atoms with Gasteiger partial charge in [0.15, 0.2) is 0 Å². The molecule has 1 aromatic rings. The summed E-state index contributed by atoms with van der Waals surface area (Å²) in [5, 5.41) is 2.70. The number of piperazine rings is 1. The van der Waals surface area contributed by atoms with Crippen LogP contribution in [0, 0.1) is 0 Å². The summed E-state index contributed by atoms with van der Waals surface area (Å²) >= 11 is 1.65. The Morgan fingerprint density at radius 3 is 2.56 bits per heavy atom. The van der Waals surface area contributed by atoms with E-state index in [0.29, 0.717) is 6.42 Å². The molecule has 1 saturated heterocycles. The number of thioether (sulfide) groups is 1. The van der Waals surface area contributed by atoms with Crippen LogP contribution in [0.3, 0.4) is 0 Å². The van der Waals surface area contributed by atoms with Crippen molar-refractivity contribution in [2.24, 2.45) is 0 Å². The average Bonchev–Trinajstić information content (AvgIpc) is 2.41. The first-order valence-electron chi connectivity index (χ1n) is 5.90. The SMILES string of the molecule is CCC1NC(=O)CN(c2ccc(SC)cc2)C1=O. The van der Waals surface area contributed by atoms with Gasteiger partial charge in [-0.2, -0.15) is 0 Å². The molecule has 1 atom stereocenters. The van der Waals surface area contributed by atoms with Crippen molar-refractivity contribution in [1.29, 1.82) is 0 Å². The zero-order valence-corrected chi connectivity index (χ0v) is 11.3. The zero-order valence-electron chi connectivity index (χ0n) is 10.5. The van der Waals surface area contributed by atoms with Crippen molar-refractivity contribution in [2.45, 2.75) is 24.3 Å². The first-order valence-corrected chi connectivity index (χ1v) is 7.13. The van der Waals surface area contributed by atoms with Crippen molar-refractivity contribution in [1.82, 2.24) is 5.32 Å². The van der Waals surface area contributed by atoms with E-state index in [1.807, 2.05) is 37.4 Å². The van der Waals surface area contributed by atoms with Crippen LogP contribution in [0.4, 0.5) is 5.69 Å². The normalized spacial score (nSPS) is 19.9. The largest absolute Gasteiger partial charge is 0.343 e. The second-order valence-electron chi connectivity index (χ2n) is 4.15. The molecule has 1 aliphatic rings. The van der Waals surface area contributed by atoms with Crippen molar-refractivity contribution in [3.05, 3.63) is 24.3 Å². The molecule has 1 fully saturated rings. The number of hydrogen-bond acceptors (Lipinski definition) is 3. The van der Waals surface area contributed by atoms with Crippen LogP contribution >= 0.6 is 11.8 Å². The molecule has 2 rings (SSSR count). The highest BCUT2D eigenvalue weighted by Crippen LogP contribution is 2.22. The number of amides is 2. The third-order valence-electron chi connectivity index (χ3n) is 2.99. The topological polar surface area (TPSA) is 49.4 Å². The second kappa shape index (κ2) is 5.44. The van der Waals surface area contributed by atoms with E-state index in [0.717, 1.165) is 10.6 Å². The minimum atomic E-state index is -0.397. The third-order valence-corrected chi connectivity index (χ3v) is 3.74. The quantitative estimate of drug-likeness (QED) is 0.845. The Morgan fingerprint density at radius 1 is 1.33 bits per heavy atom. The maximum Gasteiger partial charge on any atom is 0.250 e. The number of rotatable bonds is 3. The molecule has 18 heavy (non-hydrogen) atoms. The van der Waals surface area contributed by atoms with Crippen LogP contribution in [-0.4, -0.2) is 30.7 Å². The fraction of sp³-hybridized carbons (Fsp3) is 0.385. The molecule has 0 saturated carbocycles. The van der Waals surface area contributed by atoms with Gasteiger partial charge in [0.2, 0.25) is 11.8 Å². The maximum absolute atomic E-state index is 12.2. The summed E-state index contributed by atoms with van der Waals surface area (Å²) in [5.41, 5.74) is 0.783. The average molecular weight is 264 g/mol.